The van der Waals surface area contributed by atoms with Crippen LogP contribution in [0.5, 0.6) is 0 Å². The van der Waals surface area contributed by atoms with Gasteiger partial charge in [0, 0.05) is 34.1 Å². The summed E-state index contributed by atoms with van der Waals surface area (Å²) in [4.78, 5) is 0. The van der Waals surface area contributed by atoms with E-state index in [1.807, 2.05) is 0 Å². The van der Waals surface area contributed by atoms with Gasteiger partial charge in [-0.2, -0.15) is 0 Å². The van der Waals surface area contributed by atoms with Crippen LogP contribution < -0.4 is 0 Å². The molecule has 0 saturated heterocycles. The van der Waals surface area contributed by atoms with Gasteiger partial charge in [-0.25, -0.2) is 0 Å². The third-order valence-electron chi connectivity index (χ3n) is 0. The molecule has 0 aliphatic heterocycles. The Morgan fingerprint density at radius 2 is 1.25 bits per heavy atom. The van der Waals surface area contributed by atoms with E-state index in [-0.39, 0.29) is 85.7 Å². The fourth-order valence-corrected chi connectivity index (χ4v) is 0. The van der Waals surface area contributed by atoms with Crippen molar-refractivity contribution in [2.75, 3.05) is 0 Å². The van der Waals surface area contributed by atoms with E-state index < -0.39 is 0 Å². The second-order valence-electron chi connectivity index (χ2n) is 0. The summed E-state index contributed by atoms with van der Waals surface area (Å²) < 4.78 is 0. The average Bonchev–Trinajstić information content (AvgIpc) is 0. The Hall–Kier alpha value is 2.52. The van der Waals surface area contributed by atoms with E-state index >= 15 is 0 Å². The molecule has 0 aliphatic carbocycles. The molecule has 0 nitrogen and oxygen atoms in total. The maximum atomic E-state index is 0. The van der Waals surface area contributed by atoms with Crippen molar-refractivity contribution in [3.63, 3.8) is 0 Å². The summed E-state index contributed by atoms with van der Waals surface area (Å²) in [6, 6.07) is 0. The second kappa shape index (κ2) is 17.8. The molecular weight excluding hydrogens is 187 g/mol. The molecule has 2 radical (unpaired) electrons. The first-order valence-electron chi connectivity index (χ1n) is 0. The molecule has 0 spiro atoms. The Morgan fingerprint density at radius 1 is 1.25 bits per heavy atom. The third-order valence-corrected chi connectivity index (χ3v) is 0. The van der Waals surface area contributed by atoms with Crippen molar-refractivity contribution < 1.29 is 37.0 Å². The van der Waals surface area contributed by atoms with Crippen LogP contribution in [0.1, 0.15) is 2.85 Å². The minimum Gasteiger partial charge on any atom is -1.00 e. The van der Waals surface area contributed by atoms with Gasteiger partial charge < -0.3 is 2.85 Å². The normalized spacial score (nSPS) is 0. The van der Waals surface area contributed by atoms with Crippen LogP contribution in [0.25, 0.3) is 0 Å². The summed E-state index contributed by atoms with van der Waals surface area (Å²) in [5, 5.41) is 0. The molecule has 0 aromatic rings. The molecule has 0 aromatic carbocycles. The van der Waals surface area contributed by atoms with Gasteiger partial charge in [0.25, 0.3) is 0 Å². The maximum Gasteiger partial charge on any atom is 2.00 e. The van der Waals surface area contributed by atoms with E-state index in [1.165, 1.54) is 0 Å². The van der Waals surface area contributed by atoms with Gasteiger partial charge >= 0.3 is 37.7 Å². The van der Waals surface area contributed by atoms with E-state index in [1.54, 1.807) is 0 Å². The van der Waals surface area contributed by atoms with E-state index in [2.05, 4.69) is 0 Å². The smallest absolute Gasteiger partial charge is 1.00 e. The summed E-state index contributed by atoms with van der Waals surface area (Å²) >= 11 is 0. The minimum atomic E-state index is 0. The van der Waals surface area contributed by atoms with Crippen LogP contribution in [-0.2, 0) is 34.1 Å². The first-order valence-corrected chi connectivity index (χ1v) is 0. The van der Waals surface area contributed by atoms with Crippen LogP contribution in [0.4, 0.5) is 0 Å². The van der Waals surface area contributed by atoms with Gasteiger partial charge in [0.05, 0.1) is 0 Å². The number of hydrogen-bond acceptors (Lipinski definition) is 0. The molecule has 0 bridgehead atoms. The van der Waals surface area contributed by atoms with Crippen molar-refractivity contribution in [1.29, 1.82) is 0 Å². The SMILES string of the molecule is [Ca+2].[Cu].[H-].[H-].[Mn].[SiH4]. The molecule has 4 heavy (non-hydrogen) atoms. The molecule has 0 atom stereocenters. The van der Waals surface area contributed by atoms with E-state index in [0.29, 0.717) is 0 Å². The summed E-state index contributed by atoms with van der Waals surface area (Å²) in [6.07, 6.45) is 0. The van der Waals surface area contributed by atoms with Gasteiger partial charge in [-0.3, -0.25) is 0 Å². The molecule has 0 aromatic heterocycles. The fourth-order valence-electron chi connectivity index (χ4n) is 0. The van der Waals surface area contributed by atoms with Crippen LogP contribution in [0.2, 0.25) is 0 Å². The summed E-state index contributed by atoms with van der Waals surface area (Å²) in [7, 11) is 0. The fraction of sp³-hybridized carbons (Fsp3) is 0. The molecule has 0 N–H and O–H groups in total. The minimum absolute atomic E-state index is 0. The van der Waals surface area contributed by atoms with Crippen molar-refractivity contribution in [2.45, 2.75) is 0 Å². The summed E-state index contributed by atoms with van der Waals surface area (Å²) in [6.45, 7) is 0. The van der Waals surface area contributed by atoms with E-state index in [9.17, 15) is 0 Å². The van der Waals surface area contributed by atoms with Crippen LogP contribution in [0, 0.1) is 0 Å². The molecular formula is H6CaCuMnSi. The molecule has 0 amide bonds. The van der Waals surface area contributed by atoms with Crippen molar-refractivity contribution in [2.24, 2.45) is 0 Å². The zero-order chi connectivity index (χ0) is 0. The molecule has 0 rings (SSSR count). The largest absolute Gasteiger partial charge is 2.00 e. The Labute approximate surface area is 84.4 Å². The molecule has 30 valence electrons. The maximum absolute atomic E-state index is 0. The first-order chi connectivity index (χ1) is 0. The zero-order valence-corrected chi connectivity index (χ0v) is 5.72. The average molecular weight is 193 g/mol. The van der Waals surface area contributed by atoms with E-state index in [0.717, 1.165) is 0 Å². The van der Waals surface area contributed by atoms with Crippen LogP contribution in [0.15, 0.2) is 0 Å². The van der Waals surface area contributed by atoms with Crippen LogP contribution in [0.3, 0.4) is 0 Å². The molecule has 0 unspecified atom stereocenters. The predicted octanol–water partition coefficient (Wildman–Crippen LogP) is -1.61. The predicted molar refractivity (Wildman–Crippen MR) is 19.3 cm³/mol. The van der Waals surface area contributed by atoms with Crippen molar-refractivity contribution >= 4 is 48.7 Å². The standard InChI is InChI=1S/Ca.Cu.Mn.H4Si.2H/h;;;1H4;;/q+2;;;;2*-1. The number of hydrogen-bond donors (Lipinski definition) is 0. The Kier molecular flexibility index (Phi) is 139. The van der Waals surface area contributed by atoms with Crippen molar-refractivity contribution in [3.05, 3.63) is 0 Å². The summed E-state index contributed by atoms with van der Waals surface area (Å²) in [5.41, 5.74) is 0. The molecule has 0 saturated carbocycles. The van der Waals surface area contributed by atoms with Crippen molar-refractivity contribution in [3.8, 4) is 0 Å². The molecule has 4 heteroatoms. The van der Waals surface area contributed by atoms with Gasteiger partial charge in [0.2, 0.25) is 0 Å². The van der Waals surface area contributed by atoms with Crippen molar-refractivity contribution in [1.82, 2.24) is 0 Å². The van der Waals surface area contributed by atoms with Gasteiger partial charge in [0.1, 0.15) is 0 Å². The number of rotatable bonds is 0. The Balaban J connectivity index is 0. The monoisotopic (exact) mass is 192 g/mol. The molecule has 0 fully saturated rings. The Bertz CT molecular complexity index is 13.5. The van der Waals surface area contributed by atoms with Gasteiger partial charge in [-0.15, -0.1) is 0 Å². The van der Waals surface area contributed by atoms with Gasteiger partial charge in [0.15, 0.2) is 0 Å². The van der Waals surface area contributed by atoms with E-state index in [4.69, 9.17) is 0 Å². The first kappa shape index (κ1) is 31.3. The van der Waals surface area contributed by atoms with Crippen LogP contribution in [-0.4, -0.2) is 48.7 Å². The van der Waals surface area contributed by atoms with Gasteiger partial charge in [-0.05, 0) is 11.0 Å². The topological polar surface area (TPSA) is 0 Å². The quantitative estimate of drug-likeness (QED) is 0.405. The molecule has 0 aliphatic rings. The summed E-state index contributed by atoms with van der Waals surface area (Å²) in [5.74, 6) is 0. The zero-order valence-electron chi connectivity index (χ0n) is 3.39. The van der Waals surface area contributed by atoms with Crippen LogP contribution >= 0.6 is 0 Å². The third kappa shape index (κ3) is 8.82. The Morgan fingerprint density at radius 3 is 1.25 bits per heavy atom. The van der Waals surface area contributed by atoms with Gasteiger partial charge in [-0.1, -0.05) is 0 Å². The second-order valence-corrected chi connectivity index (χ2v) is 0. The molecule has 0 heterocycles.